The highest BCUT2D eigenvalue weighted by molar-refractivity contribution is 8.25. The maximum atomic E-state index is 12.7. The molecule has 0 saturated heterocycles. The molecule has 0 saturated carbocycles. The fraction of sp³-hybridized carbons (Fsp3) is 0.143. The number of rotatable bonds is 2. The minimum Gasteiger partial charge on any atom is -0.508 e. The fourth-order valence-corrected chi connectivity index (χ4v) is 6.96. The number of hydrogen-bond donors (Lipinski definition) is 3. The number of phenolic OH excluding ortho intramolecular Hbond substituents is 1. The van der Waals surface area contributed by atoms with Gasteiger partial charge in [0.05, 0.1) is 15.5 Å². The summed E-state index contributed by atoms with van der Waals surface area (Å²) in [6, 6.07) is 11.9. The maximum Gasteiger partial charge on any atom is 0.187 e. The van der Waals surface area contributed by atoms with E-state index < -0.39 is 25.7 Å². The van der Waals surface area contributed by atoms with E-state index in [0.717, 1.165) is 0 Å². The zero-order chi connectivity index (χ0) is 15.3. The molecular weight excluding hydrogens is 312 g/mol. The molecule has 0 radical (unpaired) electrons. The predicted octanol–water partition coefficient (Wildman–Crippen LogP) is 3.03. The van der Waals surface area contributed by atoms with Crippen LogP contribution in [0.4, 0.5) is 0 Å². The summed E-state index contributed by atoms with van der Waals surface area (Å²) in [4.78, 5) is 0.262. The molecule has 21 heavy (non-hydrogen) atoms. The Bertz CT molecular complexity index is 799. The monoisotopic (exact) mass is 326 g/mol. The first-order valence-electron chi connectivity index (χ1n) is 6.20. The van der Waals surface area contributed by atoms with Gasteiger partial charge in [0.2, 0.25) is 0 Å². The second kappa shape index (κ2) is 4.74. The Balaban J connectivity index is 2.14. The van der Waals surface area contributed by atoms with Gasteiger partial charge in [-0.25, -0.2) is 8.42 Å². The van der Waals surface area contributed by atoms with Gasteiger partial charge in [-0.1, -0.05) is 24.3 Å². The molecule has 0 amide bonds. The number of phenols is 1. The summed E-state index contributed by atoms with van der Waals surface area (Å²) in [6.07, 6.45) is 0. The lowest BCUT2D eigenvalue weighted by atomic mass is 10.2. The molecule has 0 aromatic heterocycles. The lowest BCUT2D eigenvalue weighted by Crippen LogP contribution is -2.15. The number of benzene rings is 2. The van der Waals surface area contributed by atoms with Crippen LogP contribution < -0.4 is 0 Å². The standard InChI is InChI=1S/C14H14O5S2/c15-10-4-3-5-11(8-10)21(18,19)14-9-20(16,17)13-7-2-1-6-12(13)14/h1-8,14-17H,9H2. The van der Waals surface area contributed by atoms with E-state index in [1.165, 1.54) is 24.3 Å². The van der Waals surface area contributed by atoms with E-state index in [4.69, 9.17) is 0 Å². The molecular formula is C14H14O5S2. The highest BCUT2D eigenvalue weighted by Crippen LogP contribution is 2.61. The molecule has 1 aliphatic rings. The first kappa shape index (κ1) is 14.4. The Kier molecular flexibility index (Phi) is 3.25. The fourth-order valence-electron chi connectivity index (χ4n) is 2.52. The summed E-state index contributed by atoms with van der Waals surface area (Å²) in [6.45, 7) is 0. The van der Waals surface area contributed by atoms with E-state index in [1.54, 1.807) is 24.3 Å². The third kappa shape index (κ3) is 2.32. The molecule has 1 atom stereocenters. The van der Waals surface area contributed by atoms with Crippen molar-refractivity contribution in [3.8, 4) is 5.75 Å². The van der Waals surface area contributed by atoms with Crippen LogP contribution in [0.15, 0.2) is 58.3 Å². The van der Waals surface area contributed by atoms with Gasteiger partial charge in [0.1, 0.15) is 11.0 Å². The van der Waals surface area contributed by atoms with Crippen molar-refractivity contribution < 1.29 is 22.6 Å². The SMILES string of the molecule is O=S(=O)(c1cccc(O)c1)C1CS(O)(O)c2ccccc21. The van der Waals surface area contributed by atoms with E-state index in [1.807, 2.05) is 0 Å². The van der Waals surface area contributed by atoms with E-state index >= 15 is 0 Å². The molecule has 1 aliphatic heterocycles. The normalized spacial score (nSPS) is 21.7. The Hall–Kier alpha value is -1.54. The Morgan fingerprint density at radius 1 is 1.05 bits per heavy atom. The summed E-state index contributed by atoms with van der Waals surface area (Å²) in [7, 11) is -6.90. The summed E-state index contributed by atoms with van der Waals surface area (Å²) in [5, 5.41) is 8.45. The molecule has 3 N–H and O–H groups in total. The van der Waals surface area contributed by atoms with Crippen LogP contribution in [0.3, 0.4) is 0 Å². The molecule has 3 rings (SSSR count). The van der Waals surface area contributed by atoms with Crippen LogP contribution >= 0.6 is 10.6 Å². The number of fused-ring (bicyclic) bond motifs is 1. The van der Waals surface area contributed by atoms with Crippen LogP contribution in [0.2, 0.25) is 0 Å². The van der Waals surface area contributed by atoms with Crippen molar-refractivity contribution in [1.82, 2.24) is 0 Å². The quantitative estimate of drug-likeness (QED) is 0.788. The van der Waals surface area contributed by atoms with Crippen LogP contribution in [-0.4, -0.2) is 28.4 Å². The first-order valence-corrected chi connectivity index (χ1v) is 9.46. The van der Waals surface area contributed by atoms with Crippen molar-refractivity contribution in [3.05, 3.63) is 54.1 Å². The third-order valence-electron chi connectivity index (χ3n) is 3.52. The number of hydrogen-bond acceptors (Lipinski definition) is 5. The summed E-state index contributed by atoms with van der Waals surface area (Å²) in [5.74, 6) is -0.390. The molecule has 2 aromatic carbocycles. The van der Waals surface area contributed by atoms with Crippen molar-refractivity contribution in [2.24, 2.45) is 0 Å². The molecule has 112 valence electrons. The third-order valence-corrected chi connectivity index (χ3v) is 7.69. The van der Waals surface area contributed by atoms with Crippen molar-refractivity contribution in [1.29, 1.82) is 0 Å². The van der Waals surface area contributed by atoms with Gasteiger partial charge in [0, 0.05) is 0 Å². The summed E-state index contributed by atoms with van der Waals surface area (Å²) >= 11 is 0. The van der Waals surface area contributed by atoms with Crippen LogP contribution in [0.1, 0.15) is 10.8 Å². The average molecular weight is 326 g/mol. The van der Waals surface area contributed by atoms with Crippen molar-refractivity contribution >= 4 is 20.4 Å². The first-order chi connectivity index (χ1) is 9.82. The Morgan fingerprint density at radius 2 is 1.76 bits per heavy atom. The lowest BCUT2D eigenvalue weighted by molar-refractivity contribution is 0.473. The topological polar surface area (TPSA) is 94.8 Å². The van der Waals surface area contributed by atoms with Gasteiger partial charge in [-0.05, 0) is 29.8 Å². The number of aromatic hydroxyl groups is 1. The van der Waals surface area contributed by atoms with Crippen LogP contribution in [-0.2, 0) is 9.84 Å². The van der Waals surface area contributed by atoms with E-state index in [2.05, 4.69) is 0 Å². The second-order valence-electron chi connectivity index (χ2n) is 4.90. The summed E-state index contributed by atoms with van der Waals surface area (Å²) < 4.78 is 45.6. The molecule has 2 aromatic rings. The average Bonchev–Trinajstić information content (AvgIpc) is 2.72. The molecule has 0 aliphatic carbocycles. The zero-order valence-corrected chi connectivity index (χ0v) is 12.5. The van der Waals surface area contributed by atoms with Gasteiger partial charge < -0.3 is 5.11 Å². The van der Waals surface area contributed by atoms with Gasteiger partial charge in [0.15, 0.2) is 9.84 Å². The smallest absolute Gasteiger partial charge is 0.187 e. The van der Waals surface area contributed by atoms with Crippen molar-refractivity contribution in [2.45, 2.75) is 15.0 Å². The minimum absolute atomic E-state index is 0.0283. The van der Waals surface area contributed by atoms with Crippen molar-refractivity contribution in [2.75, 3.05) is 5.75 Å². The van der Waals surface area contributed by atoms with E-state index in [-0.39, 0.29) is 16.4 Å². The van der Waals surface area contributed by atoms with Gasteiger partial charge in [-0.2, -0.15) is 10.6 Å². The van der Waals surface area contributed by atoms with Gasteiger partial charge in [0.25, 0.3) is 0 Å². The van der Waals surface area contributed by atoms with Crippen LogP contribution in [0, 0.1) is 0 Å². The van der Waals surface area contributed by atoms with Gasteiger partial charge in [-0.15, -0.1) is 0 Å². The molecule has 0 fully saturated rings. The molecule has 1 heterocycles. The summed E-state index contributed by atoms with van der Waals surface area (Å²) in [5.41, 5.74) is 0.417. The molecule has 0 spiro atoms. The highest BCUT2D eigenvalue weighted by atomic mass is 32.3. The van der Waals surface area contributed by atoms with E-state index in [9.17, 15) is 22.6 Å². The zero-order valence-electron chi connectivity index (χ0n) is 10.9. The van der Waals surface area contributed by atoms with Gasteiger partial charge in [-0.3, -0.25) is 9.11 Å². The lowest BCUT2D eigenvalue weighted by Gasteiger charge is -2.27. The second-order valence-corrected chi connectivity index (χ2v) is 9.14. The Labute approximate surface area is 124 Å². The van der Waals surface area contributed by atoms with Gasteiger partial charge >= 0.3 is 0 Å². The van der Waals surface area contributed by atoms with Crippen LogP contribution in [0.25, 0.3) is 0 Å². The highest BCUT2D eigenvalue weighted by Gasteiger charge is 2.42. The molecule has 5 nitrogen and oxygen atoms in total. The number of sulfone groups is 1. The predicted molar refractivity (Wildman–Crippen MR) is 80.5 cm³/mol. The Morgan fingerprint density at radius 3 is 2.48 bits per heavy atom. The molecule has 1 unspecified atom stereocenters. The largest absolute Gasteiger partial charge is 0.508 e. The molecule has 0 bridgehead atoms. The van der Waals surface area contributed by atoms with Crippen molar-refractivity contribution in [3.63, 3.8) is 0 Å². The minimum atomic E-state index is -3.80. The van der Waals surface area contributed by atoms with E-state index in [0.29, 0.717) is 10.5 Å². The molecule has 7 heteroatoms. The van der Waals surface area contributed by atoms with Crippen LogP contribution in [0.5, 0.6) is 5.75 Å². The maximum absolute atomic E-state index is 12.7.